The molecule has 0 amide bonds. The van der Waals surface area contributed by atoms with Gasteiger partial charge in [0.15, 0.2) is 0 Å². The van der Waals surface area contributed by atoms with Crippen molar-refractivity contribution in [2.75, 3.05) is 19.7 Å². The lowest BCUT2D eigenvalue weighted by molar-refractivity contribution is 0.304. The molecule has 1 aromatic carbocycles. The highest BCUT2D eigenvalue weighted by molar-refractivity contribution is 5.38. The van der Waals surface area contributed by atoms with Crippen LogP contribution < -0.4 is 10.1 Å². The largest absolute Gasteiger partial charge is 0.494 e. The average molecular weight is 275 g/mol. The van der Waals surface area contributed by atoms with Gasteiger partial charge in [0, 0.05) is 0 Å². The molecule has 0 radical (unpaired) electrons. The van der Waals surface area contributed by atoms with Crippen LogP contribution in [0.3, 0.4) is 0 Å². The molecule has 0 unspecified atom stereocenters. The highest BCUT2D eigenvalue weighted by Crippen LogP contribution is 2.26. The minimum absolute atomic E-state index is 0.748. The fourth-order valence-corrected chi connectivity index (χ4v) is 2.75. The lowest BCUT2D eigenvalue weighted by Gasteiger charge is -2.09. The Labute approximate surface area is 123 Å². The molecule has 112 valence electrons. The number of benzene rings is 1. The Bertz CT molecular complexity index is 400. The third-order valence-corrected chi connectivity index (χ3v) is 3.89. The Morgan fingerprint density at radius 3 is 2.80 bits per heavy atom. The van der Waals surface area contributed by atoms with Crippen molar-refractivity contribution in [3.8, 4) is 5.75 Å². The van der Waals surface area contributed by atoms with Gasteiger partial charge in [0.1, 0.15) is 5.75 Å². The second kappa shape index (κ2) is 8.31. The van der Waals surface area contributed by atoms with Crippen LogP contribution in [0.1, 0.15) is 50.7 Å². The lowest BCUT2D eigenvalue weighted by atomic mass is 10.1. The van der Waals surface area contributed by atoms with E-state index < -0.39 is 0 Å². The van der Waals surface area contributed by atoms with Crippen molar-refractivity contribution >= 4 is 0 Å². The van der Waals surface area contributed by atoms with E-state index in [1.165, 1.54) is 43.2 Å². The van der Waals surface area contributed by atoms with Crippen molar-refractivity contribution in [1.29, 1.82) is 0 Å². The SMILES string of the molecule is CC(C)CNCCCCCOc1ccc2c(c1)CCC2. The van der Waals surface area contributed by atoms with Gasteiger partial charge in [-0.25, -0.2) is 0 Å². The van der Waals surface area contributed by atoms with Gasteiger partial charge in [-0.15, -0.1) is 0 Å². The number of nitrogens with one attached hydrogen (secondary N) is 1. The summed E-state index contributed by atoms with van der Waals surface area (Å²) in [5.41, 5.74) is 3.02. The summed E-state index contributed by atoms with van der Waals surface area (Å²) in [7, 11) is 0. The van der Waals surface area contributed by atoms with Gasteiger partial charge in [-0.2, -0.15) is 0 Å². The van der Waals surface area contributed by atoms with Crippen LogP contribution in [0.5, 0.6) is 5.75 Å². The molecule has 0 saturated carbocycles. The van der Waals surface area contributed by atoms with Gasteiger partial charge in [-0.05, 0) is 80.8 Å². The van der Waals surface area contributed by atoms with Crippen LogP contribution in [-0.2, 0) is 12.8 Å². The normalized spacial score (nSPS) is 13.8. The Balaban J connectivity index is 1.53. The molecule has 0 fully saturated rings. The van der Waals surface area contributed by atoms with Crippen LogP contribution >= 0.6 is 0 Å². The zero-order chi connectivity index (χ0) is 14.2. The van der Waals surface area contributed by atoms with Crippen molar-refractivity contribution in [2.24, 2.45) is 5.92 Å². The van der Waals surface area contributed by atoms with Crippen molar-refractivity contribution in [2.45, 2.75) is 52.4 Å². The quantitative estimate of drug-likeness (QED) is 0.689. The van der Waals surface area contributed by atoms with Crippen molar-refractivity contribution in [3.05, 3.63) is 29.3 Å². The summed E-state index contributed by atoms with van der Waals surface area (Å²) in [5, 5.41) is 3.48. The first-order valence-electron chi connectivity index (χ1n) is 8.21. The molecule has 0 bridgehead atoms. The molecule has 2 nitrogen and oxygen atoms in total. The molecule has 20 heavy (non-hydrogen) atoms. The summed E-state index contributed by atoms with van der Waals surface area (Å²) in [6.45, 7) is 7.61. The van der Waals surface area contributed by atoms with Gasteiger partial charge in [0.2, 0.25) is 0 Å². The van der Waals surface area contributed by atoms with Crippen LogP contribution in [0.25, 0.3) is 0 Å². The second-order valence-corrected chi connectivity index (χ2v) is 6.29. The molecule has 2 heteroatoms. The van der Waals surface area contributed by atoms with Crippen LogP contribution in [0, 0.1) is 5.92 Å². The second-order valence-electron chi connectivity index (χ2n) is 6.29. The predicted octanol–water partition coefficient (Wildman–Crippen LogP) is 3.97. The maximum absolute atomic E-state index is 5.86. The molecule has 0 aliphatic heterocycles. The minimum atomic E-state index is 0.748. The van der Waals surface area contributed by atoms with Crippen LogP contribution in [0.4, 0.5) is 0 Å². The molecule has 0 spiro atoms. The Morgan fingerprint density at radius 2 is 1.95 bits per heavy atom. The first-order valence-corrected chi connectivity index (χ1v) is 8.21. The Hall–Kier alpha value is -1.02. The molecular weight excluding hydrogens is 246 g/mol. The minimum Gasteiger partial charge on any atom is -0.494 e. The van der Waals surface area contributed by atoms with Crippen LogP contribution in [0.15, 0.2) is 18.2 Å². The van der Waals surface area contributed by atoms with Crippen LogP contribution in [-0.4, -0.2) is 19.7 Å². The zero-order valence-electron chi connectivity index (χ0n) is 13.1. The summed E-state index contributed by atoms with van der Waals surface area (Å²) in [5.74, 6) is 1.81. The predicted molar refractivity (Wildman–Crippen MR) is 85.5 cm³/mol. The van der Waals surface area contributed by atoms with E-state index in [1.807, 2.05) is 0 Å². The maximum atomic E-state index is 5.86. The fourth-order valence-electron chi connectivity index (χ4n) is 2.75. The lowest BCUT2D eigenvalue weighted by Crippen LogP contribution is -2.20. The summed E-state index contributed by atoms with van der Waals surface area (Å²) < 4.78 is 5.86. The molecule has 0 saturated heterocycles. The average Bonchev–Trinajstić information content (AvgIpc) is 2.89. The summed E-state index contributed by atoms with van der Waals surface area (Å²) in [6.07, 6.45) is 7.44. The number of hydrogen-bond acceptors (Lipinski definition) is 2. The zero-order valence-corrected chi connectivity index (χ0v) is 13.1. The van der Waals surface area contributed by atoms with Crippen molar-refractivity contribution < 1.29 is 4.74 Å². The third-order valence-electron chi connectivity index (χ3n) is 3.89. The maximum Gasteiger partial charge on any atom is 0.119 e. The van der Waals surface area contributed by atoms with E-state index in [4.69, 9.17) is 4.74 Å². The van der Waals surface area contributed by atoms with Gasteiger partial charge in [0.05, 0.1) is 6.61 Å². The van der Waals surface area contributed by atoms with Crippen molar-refractivity contribution in [1.82, 2.24) is 5.32 Å². The molecule has 1 aromatic rings. The smallest absolute Gasteiger partial charge is 0.119 e. The number of unbranched alkanes of at least 4 members (excludes halogenated alkanes) is 2. The van der Waals surface area contributed by atoms with Crippen LogP contribution in [0.2, 0.25) is 0 Å². The number of ether oxygens (including phenoxy) is 1. The summed E-state index contributed by atoms with van der Waals surface area (Å²) in [6, 6.07) is 6.62. The van der Waals surface area contributed by atoms with E-state index >= 15 is 0 Å². The fraction of sp³-hybridized carbons (Fsp3) is 0.667. The molecule has 0 heterocycles. The number of aryl methyl sites for hydroxylation is 2. The number of hydrogen-bond donors (Lipinski definition) is 1. The Kier molecular flexibility index (Phi) is 6.38. The van der Waals surface area contributed by atoms with E-state index in [2.05, 4.69) is 37.4 Å². The van der Waals surface area contributed by atoms with E-state index in [0.29, 0.717) is 0 Å². The first-order chi connectivity index (χ1) is 9.75. The highest BCUT2D eigenvalue weighted by atomic mass is 16.5. The third kappa shape index (κ3) is 5.16. The Morgan fingerprint density at radius 1 is 1.10 bits per heavy atom. The van der Waals surface area contributed by atoms with Gasteiger partial charge < -0.3 is 10.1 Å². The summed E-state index contributed by atoms with van der Waals surface area (Å²) >= 11 is 0. The van der Waals surface area contributed by atoms with Gasteiger partial charge >= 0.3 is 0 Å². The molecular formula is C18H29NO. The van der Waals surface area contributed by atoms with Gasteiger partial charge in [0.25, 0.3) is 0 Å². The molecule has 0 aromatic heterocycles. The summed E-state index contributed by atoms with van der Waals surface area (Å²) in [4.78, 5) is 0. The molecule has 1 aliphatic rings. The first kappa shape index (κ1) is 15.4. The standard InChI is InChI=1S/C18H29NO/c1-15(2)14-19-11-4-3-5-12-20-18-10-9-16-7-6-8-17(16)13-18/h9-10,13,15,19H,3-8,11-12,14H2,1-2H3. The van der Waals surface area contributed by atoms with E-state index in [9.17, 15) is 0 Å². The van der Waals surface area contributed by atoms with Gasteiger partial charge in [-0.3, -0.25) is 0 Å². The van der Waals surface area contributed by atoms with Crippen molar-refractivity contribution in [3.63, 3.8) is 0 Å². The highest BCUT2D eigenvalue weighted by Gasteiger charge is 2.10. The molecule has 0 atom stereocenters. The van der Waals surface area contributed by atoms with E-state index in [0.717, 1.165) is 37.8 Å². The van der Waals surface area contributed by atoms with Gasteiger partial charge in [-0.1, -0.05) is 19.9 Å². The monoisotopic (exact) mass is 275 g/mol. The van der Waals surface area contributed by atoms with E-state index in [-0.39, 0.29) is 0 Å². The molecule has 1 aliphatic carbocycles. The molecule has 2 rings (SSSR count). The topological polar surface area (TPSA) is 21.3 Å². The number of fused-ring (bicyclic) bond motifs is 1. The molecule has 1 N–H and O–H groups in total. The number of rotatable bonds is 9. The van der Waals surface area contributed by atoms with E-state index in [1.54, 1.807) is 0 Å².